The molecule has 1 aromatic carbocycles. The van der Waals surface area contributed by atoms with Crippen molar-refractivity contribution >= 4 is 16.9 Å². The number of hydrogen-bond acceptors (Lipinski definition) is 3. The van der Waals surface area contributed by atoms with Gasteiger partial charge in [-0.1, -0.05) is 19.1 Å². The lowest BCUT2D eigenvalue weighted by Crippen LogP contribution is -2.38. The minimum absolute atomic E-state index is 0.174. The van der Waals surface area contributed by atoms with E-state index in [9.17, 15) is 4.79 Å². The molecule has 132 valence electrons. The van der Waals surface area contributed by atoms with Crippen LogP contribution in [0, 0.1) is 0 Å². The van der Waals surface area contributed by atoms with Gasteiger partial charge in [-0.2, -0.15) is 0 Å². The maximum Gasteiger partial charge on any atom is 0.311 e. The number of nitrogens with one attached hydrogen (secondary N) is 1. The second-order valence-corrected chi connectivity index (χ2v) is 6.89. The molecule has 0 saturated carbocycles. The van der Waals surface area contributed by atoms with Crippen molar-refractivity contribution in [2.24, 2.45) is 0 Å². The van der Waals surface area contributed by atoms with Crippen LogP contribution in [-0.4, -0.2) is 34.5 Å². The number of carbonyl (C=O) groups excluding carboxylic acids is 1. The van der Waals surface area contributed by atoms with Crippen molar-refractivity contribution < 1.29 is 9.53 Å². The molecule has 0 atom stereocenters. The van der Waals surface area contributed by atoms with Crippen molar-refractivity contribution in [2.45, 2.75) is 66.0 Å². The summed E-state index contributed by atoms with van der Waals surface area (Å²) in [6.07, 6.45) is 4.26. The second-order valence-electron chi connectivity index (χ2n) is 6.89. The van der Waals surface area contributed by atoms with E-state index in [1.165, 1.54) is 5.56 Å². The van der Waals surface area contributed by atoms with Crippen LogP contribution in [0.4, 0.5) is 0 Å². The van der Waals surface area contributed by atoms with E-state index >= 15 is 0 Å². The number of esters is 1. The first-order valence-electron chi connectivity index (χ1n) is 8.99. The molecule has 2 aromatic rings. The molecule has 1 N–H and O–H groups in total. The number of para-hydroxylation sites is 1. The Morgan fingerprint density at radius 2 is 1.92 bits per heavy atom. The van der Waals surface area contributed by atoms with Crippen LogP contribution >= 0.6 is 0 Å². The summed E-state index contributed by atoms with van der Waals surface area (Å²) >= 11 is 0. The number of benzene rings is 1. The van der Waals surface area contributed by atoms with E-state index in [0.29, 0.717) is 24.3 Å². The highest BCUT2D eigenvalue weighted by Crippen LogP contribution is 2.28. The third-order valence-electron chi connectivity index (χ3n) is 4.41. The Kier molecular flexibility index (Phi) is 6.44. The summed E-state index contributed by atoms with van der Waals surface area (Å²) in [6, 6.07) is 6.95. The normalized spacial score (nSPS) is 11.8. The fraction of sp³-hybridized carbons (Fsp3) is 0.550. The number of fused-ring (bicyclic) bond motifs is 1. The van der Waals surface area contributed by atoms with Crippen molar-refractivity contribution in [2.75, 3.05) is 6.54 Å². The Morgan fingerprint density at radius 1 is 1.21 bits per heavy atom. The third kappa shape index (κ3) is 4.38. The fourth-order valence-electron chi connectivity index (χ4n) is 3.22. The second kappa shape index (κ2) is 8.34. The van der Waals surface area contributed by atoms with E-state index in [0.717, 1.165) is 30.3 Å². The van der Waals surface area contributed by atoms with Crippen LogP contribution in [0.5, 0.6) is 5.75 Å². The summed E-state index contributed by atoms with van der Waals surface area (Å²) in [5.74, 6) is 0.453. The highest BCUT2D eigenvalue weighted by molar-refractivity contribution is 5.90. The van der Waals surface area contributed by atoms with Gasteiger partial charge in [0.25, 0.3) is 0 Å². The van der Waals surface area contributed by atoms with Gasteiger partial charge in [0, 0.05) is 36.6 Å². The quantitative estimate of drug-likeness (QED) is 0.571. The van der Waals surface area contributed by atoms with Crippen molar-refractivity contribution in [3.63, 3.8) is 0 Å². The number of aromatic nitrogens is 1. The van der Waals surface area contributed by atoms with Gasteiger partial charge in [0.15, 0.2) is 5.75 Å². The van der Waals surface area contributed by atoms with Gasteiger partial charge in [-0.3, -0.25) is 9.69 Å². The van der Waals surface area contributed by atoms with Gasteiger partial charge < -0.3 is 9.72 Å². The number of ether oxygens (including phenoxy) is 1. The Balaban J connectivity index is 2.17. The standard InChI is InChI=1S/C20H30N2O2/c1-6-8-19(23)24-18-10-7-9-17-16(13-21-20(17)18)11-12-22(14(2)3)15(4)5/h7,9-10,13-15,21H,6,8,11-12H2,1-5H3. The predicted molar refractivity (Wildman–Crippen MR) is 99.5 cm³/mol. The van der Waals surface area contributed by atoms with Gasteiger partial charge >= 0.3 is 5.97 Å². The van der Waals surface area contributed by atoms with Crippen molar-refractivity contribution in [3.8, 4) is 5.75 Å². The number of rotatable bonds is 8. The molecule has 0 aliphatic rings. The summed E-state index contributed by atoms with van der Waals surface area (Å²) in [5.41, 5.74) is 2.18. The van der Waals surface area contributed by atoms with Gasteiger partial charge in [0.05, 0.1) is 5.52 Å². The molecule has 4 nitrogen and oxygen atoms in total. The molecule has 0 amide bonds. The van der Waals surface area contributed by atoms with E-state index in [4.69, 9.17) is 4.74 Å². The lowest BCUT2D eigenvalue weighted by atomic mass is 10.1. The maximum atomic E-state index is 11.8. The van der Waals surface area contributed by atoms with Crippen molar-refractivity contribution in [3.05, 3.63) is 30.0 Å². The molecule has 24 heavy (non-hydrogen) atoms. The zero-order valence-corrected chi connectivity index (χ0v) is 15.6. The van der Waals surface area contributed by atoms with E-state index in [-0.39, 0.29) is 5.97 Å². The summed E-state index contributed by atoms with van der Waals surface area (Å²) in [4.78, 5) is 17.6. The molecule has 0 radical (unpaired) electrons. The summed E-state index contributed by atoms with van der Waals surface area (Å²) in [7, 11) is 0. The van der Waals surface area contributed by atoms with Gasteiger partial charge in [-0.25, -0.2) is 0 Å². The molecule has 0 bridgehead atoms. The van der Waals surface area contributed by atoms with E-state index in [1.807, 2.05) is 25.3 Å². The van der Waals surface area contributed by atoms with Crippen molar-refractivity contribution in [1.29, 1.82) is 0 Å². The number of nitrogens with zero attached hydrogens (tertiary/aromatic N) is 1. The topological polar surface area (TPSA) is 45.3 Å². The average molecular weight is 330 g/mol. The molecule has 1 aromatic heterocycles. The van der Waals surface area contributed by atoms with Crippen LogP contribution in [-0.2, 0) is 11.2 Å². The SMILES string of the molecule is CCCC(=O)Oc1cccc2c(CCN(C(C)C)C(C)C)c[nH]c12. The highest BCUT2D eigenvalue weighted by Gasteiger charge is 2.15. The summed E-state index contributed by atoms with van der Waals surface area (Å²) in [6.45, 7) is 11.9. The van der Waals surface area contributed by atoms with Crippen LogP contribution in [0.1, 0.15) is 53.0 Å². The molecule has 0 aliphatic heterocycles. The van der Waals surface area contributed by atoms with Crippen LogP contribution in [0.15, 0.2) is 24.4 Å². The van der Waals surface area contributed by atoms with E-state index < -0.39 is 0 Å². The van der Waals surface area contributed by atoms with Gasteiger partial charge in [-0.15, -0.1) is 0 Å². The summed E-state index contributed by atoms with van der Waals surface area (Å²) in [5, 5.41) is 1.14. The number of hydrogen-bond donors (Lipinski definition) is 1. The van der Waals surface area contributed by atoms with Crippen molar-refractivity contribution in [1.82, 2.24) is 9.88 Å². The first-order chi connectivity index (χ1) is 11.4. The molecule has 0 unspecified atom stereocenters. The minimum Gasteiger partial charge on any atom is -0.424 e. The van der Waals surface area contributed by atoms with Crippen LogP contribution in [0.25, 0.3) is 10.9 Å². The Labute approximate surface area is 145 Å². The molecule has 4 heteroatoms. The monoisotopic (exact) mass is 330 g/mol. The van der Waals surface area contributed by atoms with Gasteiger partial charge in [-0.05, 0) is 52.2 Å². The Morgan fingerprint density at radius 3 is 2.54 bits per heavy atom. The lowest BCUT2D eigenvalue weighted by molar-refractivity contribution is -0.134. The Hall–Kier alpha value is -1.81. The molecule has 0 saturated heterocycles. The molecular formula is C20H30N2O2. The first kappa shape index (κ1) is 18.5. The Bertz CT molecular complexity index is 665. The fourth-order valence-corrected chi connectivity index (χ4v) is 3.22. The minimum atomic E-state index is -0.174. The van der Waals surface area contributed by atoms with Gasteiger partial charge in [0.2, 0.25) is 0 Å². The molecule has 1 heterocycles. The highest BCUT2D eigenvalue weighted by atomic mass is 16.5. The number of H-pyrrole nitrogens is 1. The van der Waals surface area contributed by atoms with E-state index in [1.54, 1.807) is 0 Å². The number of aromatic amines is 1. The van der Waals surface area contributed by atoms with Gasteiger partial charge in [0.1, 0.15) is 0 Å². The molecule has 0 aliphatic carbocycles. The molecule has 0 fully saturated rings. The first-order valence-corrected chi connectivity index (χ1v) is 8.99. The molecule has 2 rings (SSSR count). The largest absolute Gasteiger partial charge is 0.424 e. The third-order valence-corrected chi connectivity index (χ3v) is 4.41. The zero-order chi connectivity index (χ0) is 17.7. The molecular weight excluding hydrogens is 300 g/mol. The predicted octanol–water partition coefficient (Wildman–Crippen LogP) is 4.53. The molecule has 0 spiro atoms. The number of carbonyl (C=O) groups is 1. The van der Waals surface area contributed by atoms with Crippen LogP contribution < -0.4 is 4.74 Å². The van der Waals surface area contributed by atoms with Crippen LogP contribution in [0.2, 0.25) is 0 Å². The van der Waals surface area contributed by atoms with Crippen LogP contribution in [0.3, 0.4) is 0 Å². The average Bonchev–Trinajstić information content (AvgIpc) is 2.91. The maximum absolute atomic E-state index is 11.8. The smallest absolute Gasteiger partial charge is 0.311 e. The lowest BCUT2D eigenvalue weighted by Gasteiger charge is -2.30. The van der Waals surface area contributed by atoms with E-state index in [2.05, 4.69) is 43.6 Å². The summed E-state index contributed by atoms with van der Waals surface area (Å²) < 4.78 is 5.50. The zero-order valence-electron chi connectivity index (χ0n) is 15.6.